The third-order valence-corrected chi connectivity index (χ3v) is 2.97. The number of hydrogen-bond acceptors (Lipinski definition) is 4. The first-order valence-electron chi connectivity index (χ1n) is 7.37. The summed E-state index contributed by atoms with van der Waals surface area (Å²) < 4.78 is 16.6. The molecule has 0 unspecified atom stereocenters. The Bertz CT molecular complexity index is 608. The summed E-state index contributed by atoms with van der Waals surface area (Å²) in [5.74, 6) is 1.37. The van der Waals surface area contributed by atoms with E-state index in [1.807, 2.05) is 37.3 Å². The van der Waals surface area contributed by atoms with Gasteiger partial charge in [-0.25, -0.2) is 0 Å². The van der Waals surface area contributed by atoms with Crippen molar-refractivity contribution in [2.24, 2.45) is 0 Å². The van der Waals surface area contributed by atoms with Crippen LogP contribution in [0.3, 0.4) is 0 Å². The van der Waals surface area contributed by atoms with Crippen LogP contribution in [0.2, 0.25) is 0 Å². The maximum absolute atomic E-state index is 11.4. The maximum atomic E-state index is 11.4. The predicted octanol–water partition coefficient (Wildman–Crippen LogP) is 3.98. The number of carbonyl (C=O) groups is 1. The quantitative estimate of drug-likeness (QED) is 0.573. The zero-order valence-corrected chi connectivity index (χ0v) is 12.9. The lowest BCUT2D eigenvalue weighted by Gasteiger charge is -2.13. The van der Waals surface area contributed by atoms with E-state index >= 15 is 0 Å². The van der Waals surface area contributed by atoms with Crippen molar-refractivity contribution in [3.05, 3.63) is 54.1 Å². The molecular weight excluding hydrogens is 280 g/mol. The lowest BCUT2D eigenvalue weighted by molar-refractivity contribution is -0.134. The molecule has 0 N–H and O–H groups in total. The molecule has 0 saturated carbocycles. The fourth-order valence-corrected chi connectivity index (χ4v) is 1.88. The highest BCUT2D eigenvalue weighted by atomic mass is 16.5. The van der Waals surface area contributed by atoms with E-state index in [2.05, 4.69) is 0 Å². The van der Waals surface area contributed by atoms with Crippen LogP contribution in [0.25, 0.3) is 0 Å². The molecule has 0 saturated heterocycles. The van der Waals surface area contributed by atoms with Crippen molar-refractivity contribution >= 4 is 5.97 Å². The summed E-state index contributed by atoms with van der Waals surface area (Å²) in [5.41, 5.74) is 1.06. The van der Waals surface area contributed by atoms with Gasteiger partial charge in [0.15, 0.2) is 11.5 Å². The number of hydrogen-bond donors (Lipinski definition) is 0. The Morgan fingerprint density at radius 1 is 0.955 bits per heavy atom. The van der Waals surface area contributed by atoms with Gasteiger partial charge in [0.2, 0.25) is 0 Å². The van der Waals surface area contributed by atoms with Crippen LogP contribution in [0.5, 0.6) is 17.2 Å². The van der Waals surface area contributed by atoms with Gasteiger partial charge >= 0.3 is 5.97 Å². The van der Waals surface area contributed by atoms with Crippen LogP contribution >= 0.6 is 0 Å². The molecule has 2 aromatic rings. The molecule has 0 bridgehead atoms. The van der Waals surface area contributed by atoms with Gasteiger partial charge < -0.3 is 14.2 Å². The largest absolute Gasteiger partial charge is 0.490 e. The second-order valence-corrected chi connectivity index (χ2v) is 4.64. The number of carbonyl (C=O) groups excluding carboxylic acids is 1. The summed E-state index contributed by atoms with van der Waals surface area (Å²) in [6, 6.07) is 15.0. The minimum Gasteiger partial charge on any atom is -0.490 e. The lowest BCUT2D eigenvalue weighted by atomic mass is 10.2. The normalized spacial score (nSPS) is 10.1. The van der Waals surface area contributed by atoms with Gasteiger partial charge in [-0.2, -0.15) is 0 Å². The molecule has 4 heteroatoms. The Hall–Kier alpha value is -2.49. The van der Waals surface area contributed by atoms with E-state index < -0.39 is 0 Å². The molecule has 0 aliphatic heterocycles. The van der Waals surface area contributed by atoms with Crippen molar-refractivity contribution in [1.82, 2.24) is 0 Å². The Morgan fingerprint density at radius 3 is 2.41 bits per heavy atom. The van der Waals surface area contributed by atoms with E-state index in [0.29, 0.717) is 36.9 Å². The maximum Gasteiger partial charge on any atom is 0.310 e. The third kappa shape index (κ3) is 4.52. The monoisotopic (exact) mass is 300 g/mol. The van der Waals surface area contributed by atoms with Crippen LogP contribution in [-0.4, -0.2) is 12.6 Å². The van der Waals surface area contributed by atoms with Gasteiger partial charge in [-0.3, -0.25) is 4.79 Å². The molecule has 0 amide bonds. The molecule has 4 nitrogen and oxygen atoms in total. The molecule has 0 aliphatic rings. The summed E-state index contributed by atoms with van der Waals surface area (Å²) >= 11 is 0. The van der Waals surface area contributed by atoms with Crippen molar-refractivity contribution in [1.29, 1.82) is 0 Å². The van der Waals surface area contributed by atoms with Gasteiger partial charge in [-0.05, 0) is 24.6 Å². The summed E-state index contributed by atoms with van der Waals surface area (Å²) in [7, 11) is 0. The Labute approximate surface area is 130 Å². The van der Waals surface area contributed by atoms with E-state index in [9.17, 15) is 4.79 Å². The Balaban J connectivity index is 2.14. The van der Waals surface area contributed by atoms with E-state index in [4.69, 9.17) is 14.2 Å². The van der Waals surface area contributed by atoms with Crippen molar-refractivity contribution in [2.75, 3.05) is 6.61 Å². The molecule has 0 aromatic heterocycles. The highest BCUT2D eigenvalue weighted by Gasteiger charge is 2.10. The molecular formula is C18H20O4. The average molecular weight is 300 g/mol. The van der Waals surface area contributed by atoms with Gasteiger partial charge in [0.05, 0.1) is 6.61 Å². The second kappa shape index (κ2) is 8.08. The highest BCUT2D eigenvalue weighted by Crippen LogP contribution is 2.32. The van der Waals surface area contributed by atoms with Crippen molar-refractivity contribution in [2.45, 2.75) is 26.9 Å². The average Bonchev–Trinajstić information content (AvgIpc) is 2.56. The van der Waals surface area contributed by atoms with Crippen LogP contribution in [-0.2, 0) is 11.4 Å². The number of rotatable bonds is 7. The first-order valence-corrected chi connectivity index (χ1v) is 7.37. The van der Waals surface area contributed by atoms with Gasteiger partial charge in [0, 0.05) is 12.5 Å². The van der Waals surface area contributed by atoms with Crippen LogP contribution in [0, 0.1) is 0 Å². The van der Waals surface area contributed by atoms with E-state index in [1.165, 1.54) is 0 Å². The number of benzene rings is 2. The van der Waals surface area contributed by atoms with Gasteiger partial charge in [-0.15, -0.1) is 0 Å². The fraction of sp³-hybridized carbons (Fsp3) is 0.278. The number of esters is 1. The topological polar surface area (TPSA) is 44.8 Å². The highest BCUT2D eigenvalue weighted by molar-refractivity contribution is 5.72. The van der Waals surface area contributed by atoms with E-state index in [-0.39, 0.29) is 5.97 Å². The Morgan fingerprint density at radius 2 is 1.73 bits per heavy atom. The first kappa shape index (κ1) is 15.9. The van der Waals surface area contributed by atoms with Gasteiger partial charge in [0.25, 0.3) is 0 Å². The molecule has 0 aliphatic carbocycles. The van der Waals surface area contributed by atoms with Gasteiger partial charge in [-0.1, -0.05) is 37.3 Å². The molecule has 0 fully saturated rings. The molecule has 0 heterocycles. The van der Waals surface area contributed by atoms with Crippen molar-refractivity contribution in [3.8, 4) is 17.2 Å². The SMILES string of the molecule is CCOc1ccc(OC(=O)CC)cc1OCc1ccccc1. The standard InChI is InChI=1S/C18H20O4/c1-3-18(19)22-15-10-11-16(20-4-2)17(12-15)21-13-14-8-6-5-7-9-14/h5-12H,3-4,13H2,1-2H3. The van der Waals surface area contributed by atoms with Crippen molar-refractivity contribution < 1.29 is 19.0 Å². The molecule has 0 spiro atoms. The summed E-state index contributed by atoms with van der Waals surface area (Å²) in [4.78, 5) is 11.4. The van der Waals surface area contributed by atoms with Crippen LogP contribution in [0.1, 0.15) is 25.8 Å². The minimum absolute atomic E-state index is 0.279. The zero-order chi connectivity index (χ0) is 15.8. The number of ether oxygens (including phenoxy) is 3. The first-order chi connectivity index (χ1) is 10.7. The predicted molar refractivity (Wildman–Crippen MR) is 84.3 cm³/mol. The second-order valence-electron chi connectivity index (χ2n) is 4.64. The summed E-state index contributed by atoms with van der Waals surface area (Å²) in [6.07, 6.45) is 0.327. The third-order valence-electron chi connectivity index (χ3n) is 2.97. The molecule has 0 radical (unpaired) electrons. The summed E-state index contributed by atoms with van der Waals surface area (Å²) in [6.45, 7) is 4.62. The molecule has 116 valence electrons. The lowest BCUT2D eigenvalue weighted by Crippen LogP contribution is -2.06. The van der Waals surface area contributed by atoms with Crippen molar-refractivity contribution in [3.63, 3.8) is 0 Å². The van der Waals surface area contributed by atoms with E-state index in [1.54, 1.807) is 25.1 Å². The smallest absolute Gasteiger partial charge is 0.310 e. The zero-order valence-electron chi connectivity index (χ0n) is 12.9. The minimum atomic E-state index is -0.279. The summed E-state index contributed by atoms with van der Waals surface area (Å²) in [5, 5.41) is 0. The Kier molecular flexibility index (Phi) is 5.83. The molecule has 2 aromatic carbocycles. The fourth-order valence-electron chi connectivity index (χ4n) is 1.88. The van der Waals surface area contributed by atoms with E-state index in [0.717, 1.165) is 5.56 Å². The molecule has 22 heavy (non-hydrogen) atoms. The van der Waals surface area contributed by atoms with Crippen LogP contribution in [0.4, 0.5) is 0 Å². The van der Waals surface area contributed by atoms with Crippen LogP contribution < -0.4 is 14.2 Å². The molecule has 2 rings (SSSR count). The van der Waals surface area contributed by atoms with Gasteiger partial charge in [0.1, 0.15) is 12.4 Å². The molecule has 0 atom stereocenters. The van der Waals surface area contributed by atoms with Crippen LogP contribution in [0.15, 0.2) is 48.5 Å².